The van der Waals surface area contributed by atoms with Crippen molar-refractivity contribution in [2.75, 3.05) is 13.2 Å². The van der Waals surface area contributed by atoms with Gasteiger partial charge < -0.3 is 15.8 Å². The topological polar surface area (TPSA) is 64.4 Å². The maximum absolute atomic E-state index is 12.3. The van der Waals surface area contributed by atoms with Crippen molar-refractivity contribution < 1.29 is 9.53 Å². The summed E-state index contributed by atoms with van der Waals surface area (Å²) in [6.07, 6.45) is 5.34. The van der Waals surface area contributed by atoms with Gasteiger partial charge in [-0.2, -0.15) is 0 Å². The van der Waals surface area contributed by atoms with Crippen LogP contribution in [0.25, 0.3) is 0 Å². The van der Waals surface area contributed by atoms with E-state index in [0.717, 1.165) is 38.7 Å². The highest BCUT2D eigenvalue weighted by Crippen LogP contribution is 2.29. The Morgan fingerprint density at radius 1 is 1.44 bits per heavy atom. The van der Waals surface area contributed by atoms with Crippen LogP contribution < -0.4 is 11.1 Å². The average Bonchev–Trinajstić information content (AvgIpc) is 2.74. The quantitative estimate of drug-likeness (QED) is 0.801. The normalized spacial score (nSPS) is 40.7. The van der Waals surface area contributed by atoms with E-state index in [2.05, 4.69) is 19.2 Å². The molecule has 1 heterocycles. The van der Waals surface area contributed by atoms with E-state index in [-0.39, 0.29) is 23.5 Å². The standard InChI is InChI=1S/C14H26N2O2/c1-10-5-3-6-11(15)12(10)13(17)16-9-14(2)7-4-8-18-14/h10-12H,3-9,15H2,1-2H3,(H,16,17). The fourth-order valence-electron chi connectivity index (χ4n) is 3.28. The molecule has 0 aromatic heterocycles. The van der Waals surface area contributed by atoms with Gasteiger partial charge in [0.1, 0.15) is 0 Å². The third-order valence-electron chi connectivity index (χ3n) is 4.51. The van der Waals surface area contributed by atoms with Gasteiger partial charge in [-0.25, -0.2) is 0 Å². The molecule has 2 aliphatic rings. The molecule has 1 saturated carbocycles. The fraction of sp³-hybridized carbons (Fsp3) is 0.929. The van der Waals surface area contributed by atoms with Crippen molar-refractivity contribution >= 4 is 5.91 Å². The Morgan fingerprint density at radius 3 is 2.83 bits per heavy atom. The summed E-state index contributed by atoms with van der Waals surface area (Å²) >= 11 is 0. The van der Waals surface area contributed by atoms with Crippen LogP contribution in [0.15, 0.2) is 0 Å². The molecule has 0 radical (unpaired) electrons. The number of ether oxygens (including phenoxy) is 1. The van der Waals surface area contributed by atoms with Crippen molar-refractivity contribution in [2.24, 2.45) is 17.6 Å². The zero-order chi connectivity index (χ0) is 13.2. The first-order chi connectivity index (χ1) is 8.52. The van der Waals surface area contributed by atoms with Crippen molar-refractivity contribution in [3.8, 4) is 0 Å². The molecule has 3 N–H and O–H groups in total. The molecule has 18 heavy (non-hydrogen) atoms. The molecule has 104 valence electrons. The van der Waals surface area contributed by atoms with E-state index in [0.29, 0.717) is 12.5 Å². The predicted molar refractivity (Wildman–Crippen MR) is 71.1 cm³/mol. The largest absolute Gasteiger partial charge is 0.373 e. The zero-order valence-corrected chi connectivity index (χ0v) is 11.6. The van der Waals surface area contributed by atoms with Gasteiger partial charge in [-0.1, -0.05) is 13.3 Å². The predicted octanol–water partition coefficient (Wildman–Crippen LogP) is 1.44. The molecular weight excluding hydrogens is 228 g/mol. The fourth-order valence-corrected chi connectivity index (χ4v) is 3.28. The first-order valence-corrected chi connectivity index (χ1v) is 7.19. The van der Waals surface area contributed by atoms with Gasteiger partial charge >= 0.3 is 0 Å². The SMILES string of the molecule is CC1CCCC(N)C1C(=O)NCC1(C)CCCO1. The van der Waals surface area contributed by atoms with Crippen molar-refractivity contribution in [1.29, 1.82) is 0 Å². The Morgan fingerprint density at radius 2 is 2.22 bits per heavy atom. The van der Waals surface area contributed by atoms with Crippen LogP contribution in [0, 0.1) is 11.8 Å². The first kappa shape index (κ1) is 13.8. The van der Waals surface area contributed by atoms with Gasteiger partial charge in [-0.05, 0) is 38.5 Å². The lowest BCUT2D eigenvalue weighted by Crippen LogP contribution is -2.50. The van der Waals surface area contributed by atoms with E-state index in [1.54, 1.807) is 0 Å². The Bertz CT molecular complexity index is 290. The van der Waals surface area contributed by atoms with E-state index in [4.69, 9.17) is 10.5 Å². The number of carbonyl (C=O) groups excluding carboxylic acids is 1. The molecule has 4 unspecified atom stereocenters. The van der Waals surface area contributed by atoms with Crippen LogP contribution in [-0.4, -0.2) is 30.7 Å². The third-order valence-corrected chi connectivity index (χ3v) is 4.51. The van der Waals surface area contributed by atoms with Gasteiger partial charge in [0, 0.05) is 19.2 Å². The maximum atomic E-state index is 12.3. The molecule has 4 heteroatoms. The van der Waals surface area contributed by atoms with Crippen molar-refractivity contribution in [3.63, 3.8) is 0 Å². The molecule has 2 rings (SSSR count). The number of amides is 1. The zero-order valence-electron chi connectivity index (χ0n) is 11.6. The lowest BCUT2D eigenvalue weighted by Gasteiger charge is -2.34. The van der Waals surface area contributed by atoms with Crippen LogP contribution in [0.4, 0.5) is 0 Å². The summed E-state index contributed by atoms with van der Waals surface area (Å²) in [6.45, 7) is 5.63. The molecule has 0 bridgehead atoms. The molecule has 0 aromatic carbocycles. The second kappa shape index (κ2) is 5.57. The minimum Gasteiger partial charge on any atom is -0.373 e. The minimum atomic E-state index is -0.169. The van der Waals surface area contributed by atoms with Crippen LogP contribution in [0.5, 0.6) is 0 Å². The molecule has 2 fully saturated rings. The summed E-state index contributed by atoms with van der Waals surface area (Å²) in [5.74, 6) is 0.487. The van der Waals surface area contributed by atoms with Gasteiger partial charge in [0.15, 0.2) is 0 Å². The number of hydrogen-bond donors (Lipinski definition) is 2. The van der Waals surface area contributed by atoms with Crippen LogP contribution in [0.3, 0.4) is 0 Å². The maximum Gasteiger partial charge on any atom is 0.225 e. The Kier molecular flexibility index (Phi) is 4.28. The Balaban J connectivity index is 1.86. The molecule has 1 aliphatic carbocycles. The van der Waals surface area contributed by atoms with Crippen LogP contribution in [-0.2, 0) is 9.53 Å². The van der Waals surface area contributed by atoms with Gasteiger partial charge in [0.25, 0.3) is 0 Å². The van der Waals surface area contributed by atoms with E-state index in [1.807, 2.05) is 0 Å². The van der Waals surface area contributed by atoms with Crippen LogP contribution in [0.2, 0.25) is 0 Å². The minimum absolute atomic E-state index is 0.0195. The average molecular weight is 254 g/mol. The van der Waals surface area contributed by atoms with Gasteiger partial charge in [-0.3, -0.25) is 4.79 Å². The van der Waals surface area contributed by atoms with Crippen LogP contribution >= 0.6 is 0 Å². The van der Waals surface area contributed by atoms with Gasteiger partial charge in [0.05, 0.1) is 11.5 Å². The molecule has 1 amide bonds. The number of hydrogen-bond acceptors (Lipinski definition) is 3. The first-order valence-electron chi connectivity index (χ1n) is 7.19. The second-order valence-corrected chi connectivity index (χ2v) is 6.22. The van der Waals surface area contributed by atoms with Gasteiger partial charge in [0.2, 0.25) is 5.91 Å². The highest BCUT2D eigenvalue weighted by molar-refractivity contribution is 5.79. The molecule has 1 aliphatic heterocycles. The van der Waals surface area contributed by atoms with E-state index < -0.39 is 0 Å². The molecule has 0 aromatic rings. The van der Waals surface area contributed by atoms with Gasteiger partial charge in [-0.15, -0.1) is 0 Å². The number of rotatable bonds is 3. The third kappa shape index (κ3) is 3.04. The van der Waals surface area contributed by atoms with E-state index >= 15 is 0 Å². The summed E-state index contributed by atoms with van der Waals surface area (Å²) in [6, 6.07) is 0.0195. The number of carbonyl (C=O) groups is 1. The van der Waals surface area contributed by atoms with Crippen molar-refractivity contribution in [1.82, 2.24) is 5.32 Å². The Hall–Kier alpha value is -0.610. The number of nitrogens with two attached hydrogens (primary N) is 1. The number of nitrogens with one attached hydrogen (secondary N) is 1. The molecule has 4 atom stereocenters. The summed E-state index contributed by atoms with van der Waals surface area (Å²) in [5.41, 5.74) is 5.93. The summed E-state index contributed by atoms with van der Waals surface area (Å²) < 4.78 is 5.69. The summed E-state index contributed by atoms with van der Waals surface area (Å²) in [4.78, 5) is 12.3. The molecule has 0 spiro atoms. The van der Waals surface area contributed by atoms with E-state index in [1.165, 1.54) is 0 Å². The second-order valence-electron chi connectivity index (χ2n) is 6.22. The van der Waals surface area contributed by atoms with E-state index in [9.17, 15) is 4.79 Å². The lowest BCUT2D eigenvalue weighted by molar-refractivity contribution is -0.129. The molecule has 4 nitrogen and oxygen atoms in total. The summed E-state index contributed by atoms with van der Waals surface area (Å²) in [7, 11) is 0. The highest BCUT2D eigenvalue weighted by atomic mass is 16.5. The smallest absolute Gasteiger partial charge is 0.225 e. The summed E-state index contributed by atoms with van der Waals surface area (Å²) in [5, 5.41) is 3.05. The Labute approximate surface area is 110 Å². The lowest BCUT2D eigenvalue weighted by atomic mass is 9.76. The monoisotopic (exact) mass is 254 g/mol. The highest BCUT2D eigenvalue weighted by Gasteiger charge is 2.36. The molecular formula is C14H26N2O2. The molecule has 1 saturated heterocycles. The van der Waals surface area contributed by atoms with Crippen LogP contribution in [0.1, 0.15) is 46.0 Å². The van der Waals surface area contributed by atoms with Crippen molar-refractivity contribution in [2.45, 2.75) is 57.6 Å². The van der Waals surface area contributed by atoms with Crippen molar-refractivity contribution in [3.05, 3.63) is 0 Å².